The standard InChI is InChI=1S/C50H30N2/c1-2-15-31(16-3-1)49-44-29-43(46-40-25-11-9-23-38(40)45(32-17-14-28-51-30-32)39-24-10-12-26-41(39)46)35-20-5-7-21-36(35)47(44)48-37-22-8-4-18-33(37)34-19-6-13-27-42(34)50(48)52-49/h1-30H. The fourth-order valence-electron chi connectivity index (χ4n) is 8.76. The van der Waals surface area contributed by atoms with Crippen LogP contribution in [-0.2, 0) is 0 Å². The lowest BCUT2D eigenvalue weighted by Gasteiger charge is -2.21. The number of nitrogens with zero attached hydrogens (tertiary/aromatic N) is 2. The van der Waals surface area contributed by atoms with E-state index in [0.717, 1.165) is 27.7 Å². The number of aromatic nitrogens is 2. The molecule has 2 aromatic heterocycles. The predicted molar refractivity (Wildman–Crippen MR) is 221 cm³/mol. The smallest absolute Gasteiger partial charge is 0.0801 e. The fraction of sp³-hybridized carbons (Fsp3) is 0. The average molecular weight is 659 g/mol. The lowest BCUT2D eigenvalue weighted by Crippen LogP contribution is -1.96. The quantitative estimate of drug-likeness (QED) is 0.139. The van der Waals surface area contributed by atoms with Crippen molar-refractivity contribution in [3.8, 4) is 33.5 Å². The van der Waals surface area contributed by atoms with Crippen molar-refractivity contribution < 1.29 is 0 Å². The van der Waals surface area contributed by atoms with E-state index in [1.807, 2.05) is 18.5 Å². The van der Waals surface area contributed by atoms with E-state index in [4.69, 9.17) is 4.98 Å². The van der Waals surface area contributed by atoms with Gasteiger partial charge in [-0.15, -0.1) is 0 Å². The number of hydrogen-bond donors (Lipinski definition) is 0. The molecule has 0 atom stereocenters. The minimum atomic E-state index is 0.996. The Morgan fingerprint density at radius 2 is 0.808 bits per heavy atom. The van der Waals surface area contributed by atoms with Gasteiger partial charge in [-0.1, -0.05) is 158 Å². The number of rotatable bonds is 3. The molecular weight excluding hydrogens is 629 g/mol. The average Bonchev–Trinajstić information content (AvgIpc) is 3.22. The predicted octanol–water partition coefficient (Wildman–Crippen LogP) is 13.5. The maximum atomic E-state index is 5.66. The molecule has 2 heterocycles. The first-order valence-corrected chi connectivity index (χ1v) is 17.8. The van der Waals surface area contributed by atoms with Crippen LogP contribution >= 0.6 is 0 Å². The fourth-order valence-corrected chi connectivity index (χ4v) is 8.76. The summed E-state index contributed by atoms with van der Waals surface area (Å²) in [5, 5.41) is 15.8. The van der Waals surface area contributed by atoms with E-state index >= 15 is 0 Å². The summed E-state index contributed by atoms with van der Waals surface area (Å²) in [6, 6.07) is 61.6. The van der Waals surface area contributed by atoms with Crippen molar-refractivity contribution in [3.63, 3.8) is 0 Å². The zero-order chi connectivity index (χ0) is 34.2. The molecule has 11 aromatic rings. The zero-order valence-corrected chi connectivity index (χ0v) is 28.2. The number of fused-ring (bicyclic) bond motifs is 12. The van der Waals surface area contributed by atoms with Crippen LogP contribution in [-0.4, -0.2) is 9.97 Å². The summed E-state index contributed by atoms with van der Waals surface area (Å²) in [5.41, 5.74) is 7.91. The van der Waals surface area contributed by atoms with Crippen LogP contribution in [0.15, 0.2) is 182 Å². The van der Waals surface area contributed by atoms with Gasteiger partial charge in [0.25, 0.3) is 0 Å². The lowest BCUT2D eigenvalue weighted by atomic mass is 9.83. The molecule has 11 rings (SSSR count). The third-order valence-electron chi connectivity index (χ3n) is 10.9. The molecule has 0 N–H and O–H groups in total. The highest BCUT2D eigenvalue weighted by molar-refractivity contribution is 6.37. The number of benzene rings is 9. The lowest BCUT2D eigenvalue weighted by molar-refractivity contribution is 1.33. The first-order chi connectivity index (χ1) is 25.8. The molecule has 2 nitrogen and oxygen atoms in total. The number of hydrogen-bond acceptors (Lipinski definition) is 2. The van der Waals surface area contributed by atoms with E-state index in [2.05, 4.69) is 169 Å². The van der Waals surface area contributed by atoms with Gasteiger partial charge in [0, 0.05) is 45.1 Å². The SMILES string of the molecule is c1ccc(-c2nc3c4ccccc4c4ccccc4c3c3c2cc(-c2c4ccccc4c(-c4cccnc4)c4ccccc24)c2ccccc23)cc1. The molecule has 0 aliphatic rings. The Morgan fingerprint density at radius 3 is 1.42 bits per heavy atom. The van der Waals surface area contributed by atoms with E-state index in [1.165, 1.54) is 81.3 Å². The topological polar surface area (TPSA) is 25.8 Å². The molecule has 0 aliphatic heterocycles. The van der Waals surface area contributed by atoms with Crippen molar-refractivity contribution in [2.45, 2.75) is 0 Å². The van der Waals surface area contributed by atoms with Gasteiger partial charge in [-0.3, -0.25) is 4.98 Å². The first kappa shape index (κ1) is 28.9. The Balaban J connectivity index is 1.39. The summed E-state index contributed by atoms with van der Waals surface area (Å²) >= 11 is 0. The molecule has 0 spiro atoms. The Morgan fingerprint density at radius 1 is 0.327 bits per heavy atom. The van der Waals surface area contributed by atoms with E-state index in [-0.39, 0.29) is 0 Å². The van der Waals surface area contributed by atoms with Gasteiger partial charge >= 0.3 is 0 Å². The van der Waals surface area contributed by atoms with Crippen molar-refractivity contribution in [1.29, 1.82) is 0 Å². The summed E-state index contributed by atoms with van der Waals surface area (Å²) in [5.74, 6) is 0. The van der Waals surface area contributed by atoms with Crippen LogP contribution in [0.2, 0.25) is 0 Å². The Hall–Kier alpha value is -6.90. The molecule has 0 saturated carbocycles. The van der Waals surface area contributed by atoms with Gasteiger partial charge in [-0.05, 0) is 77.3 Å². The summed E-state index contributed by atoms with van der Waals surface area (Å²) in [6.07, 6.45) is 3.83. The normalized spacial score (nSPS) is 11.8. The molecule has 52 heavy (non-hydrogen) atoms. The Kier molecular flexibility index (Phi) is 6.28. The molecule has 2 heteroatoms. The van der Waals surface area contributed by atoms with Crippen molar-refractivity contribution in [2.75, 3.05) is 0 Å². The molecule has 0 amide bonds. The summed E-state index contributed by atoms with van der Waals surface area (Å²) in [7, 11) is 0. The van der Waals surface area contributed by atoms with Gasteiger partial charge in [-0.2, -0.15) is 0 Å². The molecule has 240 valence electrons. The third kappa shape index (κ3) is 4.12. The van der Waals surface area contributed by atoms with E-state index in [0.29, 0.717) is 0 Å². The van der Waals surface area contributed by atoms with Gasteiger partial charge in [0.05, 0.1) is 11.2 Å². The Labute approximate surface area is 300 Å². The zero-order valence-electron chi connectivity index (χ0n) is 28.2. The summed E-state index contributed by atoms with van der Waals surface area (Å²) < 4.78 is 0. The van der Waals surface area contributed by atoms with E-state index in [1.54, 1.807) is 0 Å². The molecular formula is C50H30N2. The van der Waals surface area contributed by atoms with Crippen LogP contribution in [0.1, 0.15) is 0 Å². The van der Waals surface area contributed by atoms with Crippen LogP contribution in [0.4, 0.5) is 0 Å². The Bertz CT molecular complexity index is 3160. The number of pyridine rings is 2. The monoisotopic (exact) mass is 658 g/mol. The minimum absolute atomic E-state index is 0.996. The van der Waals surface area contributed by atoms with E-state index < -0.39 is 0 Å². The molecule has 9 aromatic carbocycles. The van der Waals surface area contributed by atoms with Crippen LogP contribution in [0.3, 0.4) is 0 Å². The van der Waals surface area contributed by atoms with Gasteiger partial charge in [0.1, 0.15) is 0 Å². The highest BCUT2D eigenvalue weighted by atomic mass is 14.7. The van der Waals surface area contributed by atoms with Crippen molar-refractivity contribution in [3.05, 3.63) is 182 Å². The van der Waals surface area contributed by atoms with Gasteiger partial charge in [0.15, 0.2) is 0 Å². The molecule has 0 unspecified atom stereocenters. The van der Waals surface area contributed by atoms with Gasteiger partial charge in [-0.25, -0.2) is 4.98 Å². The summed E-state index contributed by atoms with van der Waals surface area (Å²) in [6.45, 7) is 0. The van der Waals surface area contributed by atoms with Crippen molar-refractivity contribution in [1.82, 2.24) is 9.97 Å². The van der Waals surface area contributed by atoms with Crippen LogP contribution in [0.5, 0.6) is 0 Å². The maximum Gasteiger partial charge on any atom is 0.0801 e. The highest BCUT2D eigenvalue weighted by Crippen LogP contribution is 2.49. The summed E-state index contributed by atoms with van der Waals surface area (Å²) in [4.78, 5) is 10.2. The molecule has 0 saturated heterocycles. The van der Waals surface area contributed by atoms with Crippen LogP contribution in [0, 0.1) is 0 Å². The third-order valence-corrected chi connectivity index (χ3v) is 10.9. The molecule has 0 fully saturated rings. The molecule has 0 radical (unpaired) electrons. The largest absolute Gasteiger partial charge is 0.264 e. The van der Waals surface area contributed by atoms with Gasteiger partial charge in [0.2, 0.25) is 0 Å². The second-order valence-corrected chi connectivity index (χ2v) is 13.6. The minimum Gasteiger partial charge on any atom is -0.264 e. The highest BCUT2D eigenvalue weighted by Gasteiger charge is 2.23. The second kappa shape index (κ2) is 11.3. The van der Waals surface area contributed by atoms with E-state index in [9.17, 15) is 0 Å². The second-order valence-electron chi connectivity index (χ2n) is 13.6. The van der Waals surface area contributed by atoms with Gasteiger partial charge < -0.3 is 0 Å². The van der Waals surface area contributed by atoms with Crippen LogP contribution < -0.4 is 0 Å². The molecule has 0 aliphatic carbocycles. The maximum absolute atomic E-state index is 5.66. The first-order valence-electron chi connectivity index (χ1n) is 17.8. The van der Waals surface area contributed by atoms with Crippen molar-refractivity contribution >= 4 is 75.5 Å². The molecule has 0 bridgehead atoms. The van der Waals surface area contributed by atoms with Crippen molar-refractivity contribution in [2.24, 2.45) is 0 Å². The van der Waals surface area contributed by atoms with Crippen LogP contribution in [0.25, 0.3) is 109 Å².